The topological polar surface area (TPSA) is 18.5 Å². The Kier molecular flexibility index (Phi) is 3.35. The lowest BCUT2D eigenvalue weighted by atomic mass is 9.87. The molecule has 0 bridgehead atoms. The summed E-state index contributed by atoms with van der Waals surface area (Å²) in [6, 6.07) is 2.12. The van der Waals surface area contributed by atoms with Crippen molar-refractivity contribution in [3.63, 3.8) is 0 Å². The summed E-state index contributed by atoms with van der Waals surface area (Å²) >= 11 is 1.69. The Labute approximate surface area is 124 Å². The monoisotopic (exact) mass is 294 g/mol. The molecule has 1 aliphatic heterocycles. The molecule has 2 nitrogen and oxygen atoms in total. The van der Waals surface area contributed by atoms with E-state index in [1.165, 1.54) is 5.56 Å². The summed E-state index contributed by atoms with van der Waals surface area (Å²) < 4.78 is 25.7. The minimum atomic E-state index is -0.858. The molecule has 0 amide bonds. The van der Waals surface area contributed by atoms with Crippen molar-refractivity contribution in [3.05, 3.63) is 34.2 Å². The van der Waals surface area contributed by atoms with Gasteiger partial charge < -0.3 is 9.31 Å². The second-order valence-corrected chi connectivity index (χ2v) is 7.48. The van der Waals surface area contributed by atoms with Gasteiger partial charge in [0, 0.05) is 0 Å². The molecule has 1 saturated carbocycles. The Morgan fingerprint density at radius 2 is 2.00 bits per heavy atom. The van der Waals surface area contributed by atoms with Gasteiger partial charge in [0.05, 0.1) is 11.2 Å². The molecular formula is C15H20BFO2S. The zero-order chi connectivity index (χ0) is 14.5. The van der Waals surface area contributed by atoms with Crippen LogP contribution in [0.2, 0.25) is 0 Å². The fourth-order valence-electron chi connectivity index (χ4n) is 2.51. The van der Waals surface area contributed by atoms with Crippen LogP contribution < -0.4 is 0 Å². The van der Waals surface area contributed by atoms with E-state index in [4.69, 9.17) is 9.31 Å². The molecule has 3 rings (SSSR count). The molecule has 0 N–H and O–H groups in total. The first-order valence-electron chi connectivity index (χ1n) is 7.05. The van der Waals surface area contributed by atoms with Crippen LogP contribution in [0.25, 0.3) is 0 Å². The minimum absolute atomic E-state index is 0.281. The van der Waals surface area contributed by atoms with Crippen LogP contribution in [0, 0.1) is 5.92 Å². The molecule has 0 radical (unpaired) electrons. The zero-order valence-corrected chi connectivity index (χ0v) is 13.2. The van der Waals surface area contributed by atoms with E-state index in [-0.39, 0.29) is 11.6 Å². The maximum absolute atomic E-state index is 14.3. The van der Waals surface area contributed by atoms with Gasteiger partial charge in [-0.05, 0) is 68.3 Å². The Bertz CT molecular complexity index is 508. The molecule has 2 unspecified atom stereocenters. The Hall–Kier alpha value is -0.645. The summed E-state index contributed by atoms with van der Waals surface area (Å²) in [5, 5.41) is 4.21. The number of thiophene rings is 1. The standard InChI is InChI=1S/C15H20BFO2S/c1-14(2)15(3,4)19-16(18-14)13(17)8-11-7-12(11)10-5-6-20-9-10/h5-6,8-9,11-12H,7H2,1-4H3. The first kappa shape index (κ1) is 14.3. The number of rotatable bonds is 3. The van der Waals surface area contributed by atoms with Gasteiger partial charge in [-0.3, -0.25) is 0 Å². The van der Waals surface area contributed by atoms with Gasteiger partial charge in [-0.15, -0.1) is 0 Å². The third kappa shape index (κ3) is 2.47. The van der Waals surface area contributed by atoms with E-state index >= 15 is 0 Å². The highest BCUT2D eigenvalue weighted by Gasteiger charge is 2.53. The number of halogens is 1. The SMILES string of the molecule is CC1(C)OB(C(F)=CC2CC2c2ccsc2)OC1(C)C. The molecular weight excluding hydrogens is 274 g/mol. The van der Waals surface area contributed by atoms with Crippen LogP contribution in [0.4, 0.5) is 4.39 Å². The first-order chi connectivity index (χ1) is 9.30. The molecule has 1 aromatic rings. The molecule has 2 fully saturated rings. The van der Waals surface area contributed by atoms with E-state index in [9.17, 15) is 4.39 Å². The predicted molar refractivity (Wildman–Crippen MR) is 80.4 cm³/mol. The lowest BCUT2D eigenvalue weighted by Gasteiger charge is -2.32. The fourth-order valence-corrected chi connectivity index (χ4v) is 3.23. The van der Waals surface area contributed by atoms with Gasteiger partial charge in [0.2, 0.25) is 0 Å². The van der Waals surface area contributed by atoms with Gasteiger partial charge in [-0.2, -0.15) is 11.3 Å². The van der Waals surface area contributed by atoms with Crippen molar-refractivity contribution in [2.45, 2.75) is 51.2 Å². The third-order valence-electron chi connectivity index (χ3n) is 4.66. The first-order valence-corrected chi connectivity index (χ1v) is 7.99. The maximum Gasteiger partial charge on any atom is 0.524 e. The Morgan fingerprint density at radius 3 is 2.55 bits per heavy atom. The molecule has 2 atom stereocenters. The average molecular weight is 294 g/mol. The molecule has 108 valence electrons. The molecule has 0 aromatic carbocycles. The quantitative estimate of drug-likeness (QED) is 0.772. The van der Waals surface area contributed by atoms with E-state index in [1.54, 1.807) is 17.4 Å². The molecule has 5 heteroatoms. The van der Waals surface area contributed by atoms with Crippen LogP contribution in [0.1, 0.15) is 45.6 Å². The van der Waals surface area contributed by atoms with Gasteiger partial charge in [-0.1, -0.05) is 6.08 Å². The molecule has 1 aliphatic carbocycles. The molecule has 2 aliphatic rings. The van der Waals surface area contributed by atoms with Gasteiger partial charge in [0.1, 0.15) is 5.73 Å². The molecule has 20 heavy (non-hydrogen) atoms. The second-order valence-electron chi connectivity index (χ2n) is 6.70. The highest BCUT2D eigenvalue weighted by molar-refractivity contribution is 7.08. The molecule has 1 saturated heterocycles. The van der Waals surface area contributed by atoms with Crippen molar-refractivity contribution in [3.8, 4) is 0 Å². The number of hydrogen-bond acceptors (Lipinski definition) is 3. The van der Waals surface area contributed by atoms with Gasteiger partial charge in [-0.25, -0.2) is 4.39 Å². The van der Waals surface area contributed by atoms with Crippen LogP contribution in [0.15, 0.2) is 28.6 Å². The smallest absolute Gasteiger partial charge is 0.398 e. The van der Waals surface area contributed by atoms with Gasteiger partial charge >= 0.3 is 7.12 Å². The maximum atomic E-state index is 14.3. The van der Waals surface area contributed by atoms with Crippen LogP contribution in [0.3, 0.4) is 0 Å². The normalized spacial score (nSPS) is 31.6. The van der Waals surface area contributed by atoms with E-state index in [1.807, 2.05) is 27.7 Å². The Morgan fingerprint density at radius 1 is 1.35 bits per heavy atom. The minimum Gasteiger partial charge on any atom is -0.398 e. The van der Waals surface area contributed by atoms with E-state index in [0.29, 0.717) is 5.92 Å². The molecule has 0 spiro atoms. The van der Waals surface area contributed by atoms with Crippen molar-refractivity contribution in [2.75, 3.05) is 0 Å². The number of allylic oxidation sites excluding steroid dienone is 1. The summed E-state index contributed by atoms with van der Waals surface area (Å²) in [6.07, 6.45) is 2.70. The summed E-state index contributed by atoms with van der Waals surface area (Å²) in [6.45, 7) is 7.74. The average Bonchev–Trinajstić information content (AvgIpc) is 2.82. The predicted octanol–water partition coefficient (Wildman–Crippen LogP) is 4.34. The highest BCUT2D eigenvalue weighted by atomic mass is 32.1. The van der Waals surface area contributed by atoms with Crippen LogP contribution in [-0.2, 0) is 9.31 Å². The van der Waals surface area contributed by atoms with Crippen LogP contribution >= 0.6 is 11.3 Å². The lowest BCUT2D eigenvalue weighted by molar-refractivity contribution is 0.00578. The van der Waals surface area contributed by atoms with E-state index < -0.39 is 18.3 Å². The highest BCUT2D eigenvalue weighted by Crippen LogP contribution is 2.50. The lowest BCUT2D eigenvalue weighted by Crippen LogP contribution is -2.41. The largest absolute Gasteiger partial charge is 0.524 e. The molecule has 2 heterocycles. The van der Waals surface area contributed by atoms with Crippen LogP contribution in [0.5, 0.6) is 0 Å². The van der Waals surface area contributed by atoms with Gasteiger partial charge in [0.25, 0.3) is 0 Å². The third-order valence-corrected chi connectivity index (χ3v) is 5.36. The van der Waals surface area contributed by atoms with Crippen molar-refractivity contribution < 1.29 is 13.7 Å². The Balaban J connectivity index is 1.66. The summed E-state index contributed by atoms with van der Waals surface area (Å²) in [5.41, 5.74) is 0.0579. The van der Waals surface area contributed by atoms with E-state index in [0.717, 1.165) is 6.42 Å². The summed E-state index contributed by atoms with van der Waals surface area (Å²) in [5.74, 6) is 0.748. The molecule has 1 aromatic heterocycles. The summed E-state index contributed by atoms with van der Waals surface area (Å²) in [7, 11) is -0.858. The van der Waals surface area contributed by atoms with Crippen LogP contribution in [-0.4, -0.2) is 18.3 Å². The summed E-state index contributed by atoms with van der Waals surface area (Å²) in [4.78, 5) is 0. The number of hydrogen-bond donors (Lipinski definition) is 0. The second kappa shape index (κ2) is 4.68. The van der Waals surface area contributed by atoms with E-state index in [2.05, 4.69) is 16.8 Å². The zero-order valence-electron chi connectivity index (χ0n) is 12.4. The van der Waals surface area contributed by atoms with Crippen molar-refractivity contribution in [1.82, 2.24) is 0 Å². The van der Waals surface area contributed by atoms with Crippen molar-refractivity contribution in [1.29, 1.82) is 0 Å². The van der Waals surface area contributed by atoms with Gasteiger partial charge in [0.15, 0.2) is 0 Å². The van der Waals surface area contributed by atoms with Crippen molar-refractivity contribution in [2.24, 2.45) is 5.92 Å². The van der Waals surface area contributed by atoms with Crippen molar-refractivity contribution >= 4 is 18.5 Å². The fraction of sp³-hybridized carbons (Fsp3) is 0.600.